The molecule has 0 bridgehead atoms. The van der Waals surface area contributed by atoms with E-state index in [1.807, 2.05) is 0 Å². The predicted molar refractivity (Wildman–Crippen MR) is 75.8 cm³/mol. The largest absolute Gasteiger partial charge is 0.328 e. The quantitative estimate of drug-likeness (QED) is 0.662. The Labute approximate surface area is 120 Å². The molecular weight excluding hydrogens is 330 g/mol. The third kappa shape index (κ3) is 3.09. The van der Waals surface area contributed by atoms with E-state index in [0.717, 1.165) is 0 Å². The second-order valence-electron chi connectivity index (χ2n) is 3.81. The number of nitro groups is 1. The van der Waals surface area contributed by atoms with Crippen molar-refractivity contribution >= 4 is 33.2 Å². The highest BCUT2D eigenvalue weighted by atomic mass is 79.9. The van der Waals surface area contributed by atoms with Crippen molar-refractivity contribution in [2.45, 2.75) is 0 Å². The lowest BCUT2D eigenvalue weighted by Gasteiger charge is -2.06. The summed E-state index contributed by atoms with van der Waals surface area (Å²) in [4.78, 5) is 35.5. The SMILES string of the molecule is O=C(Nc1ccc(Br)cc1[N+](=O)[O-])c1ccc(=O)[nH]c1. The zero-order chi connectivity index (χ0) is 14.7. The van der Waals surface area contributed by atoms with E-state index >= 15 is 0 Å². The van der Waals surface area contributed by atoms with Gasteiger partial charge in [0, 0.05) is 22.8 Å². The standard InChI is InChI=1S/C12H8BrN3O4/c13-8-2-3-9(10(5-8)16(19)20)15-12(18)7-1-4-11(17)14-6-7/h1-6H,(H,14,17)(H,15,18). The Hall–Kier alpha value is -2.48. The number of H-pyrrole nitrogens is 1. The van der Waals surface area contributed by atoms with Gasteiger partial charge in [-0.05, 0) is 18.2 Å². The molecule has 102 valence electrons. The summed E-state index contributed by atoms with van der Waals surface area (Å²) in [5.41, 5.74) is -0.287. The Morgan fingerprint density at radius 2 is 2.05 bits per heavy atom. The number of aromatic nitrogens is 1. The molecule has 2 aromatic rings. The van der Waals surface area contributed by atoms with E-state index in [2.05, 4.69) is 26.2 Å². The zero-order valence-electron chi connectivity index (χ0n) is 9.92. The molecule has 1 amide bonds. The lowest BCUT2D eigenvalue weighted by atomic mass is 10.2. The number of pyridine rings is 1. The van der Waals surface area contributed by atoms with E-state index < -0.39 is 10.8 Å². The van der Waals surface area contributed by atoms with Gasteiger partial charge in [-0.15, -0.1) is 0 Å². The van der Waals surface area contributed by atoms with Gasteiger partial charge in [-0.2, -0.15) is 0 Å². The summed E-state index contributed by atoms with van der Waals surface area (Å²) in [7, 11) is 0. The Morgan fingerprint density at radius 3 is 2.65 bits per heavy atom. The molecule has 0 aliphatic carbocycles. The summed E-state index contributed by atoms with van der Waals surface area (Å²) in [6.45, 7) is 0. The number of hydrogen-bond donors (Lipinski definition) is 2. The molecular formula is C12H8BrN3O4. The molecule has 0 aliphatic rings. The number of rotatable bonds is 3. The van der Waals surface area contributed by atoms with Gasteiger partial charge in [-0.1, -0.05) is 15.9 Å². The average Bonchev–Trinajstić information content (AvgIpc) is 2.41. The van der Waals surface area contributed by atoms with E-state index in [9.17, 15) is 19.7 Å². The molecule has 2 rings (SSSR count). The van der Waals surface area contributed by atoms with Crippen LogP contribution in [-0.2, 0) is 0 Å². The van der Waals surface area contributed by atoms with Crippen LogP contribution in [0, 0.1) is 10.1 Å². The normalized spacial score (nSPS) is 10.1. The number of halogens is 1. The third-order valence-electron chi connectivity index (χ3n) is 2.45. The molecule has 1 aromatic carbocycles. The Bertz CT molecular complexity index is 721. The summed E-state index contributed by atoms with van der Waals surface area (Å²) in [5, 5.41) is 13.4. The number of benzene rings is 1. The van der Waals surface area contributed by atoms with Crippen LogP contribution >= 0.6 is 15.9 Å². The molecule has 0 saturated carbocycles. The molecule has 8 heteroatoms. The number of aromatic amines is 1. The van der Waals surface area contributed by atoms with Gasteiger partial charge in [0.2, 0.25) is 5.56 Å². The van der Waals surface area contributed by atoms with Crippen molar-refractivity contribution < 1.29 is 9.72 Å². The summed E-state index contributed by atoms with van der Waals surface area (Å²) < 4.78 is 0.534. The van der Waals surface area contributed by atoms with E-state index in [1.54, 1.807) is 6.07 Å². The molecule has 20 heavy (non-hydrogen) atoms. The first-order valence-electron chi connectivity index (χ1n) is 5.41. The van der Waals surface area contributed by atoms with Crippen LogP contribution in [0.15, 0.2) is 45.8 Å². The van der Waals surface area contributed by atoms with Gasteiger partial charge in [-0.3, -0.25) is 19.7 Å². The number of amides is 1. The third-order valence-corrected chi connectivity index (χ3v) is 2.94. The first kappa shape index (κ1) is 13.9. The van der Waals surface area contributed by atoms with Gasteiger partial charge in [0.15, 0.2) is 0 Å². The van der Waals surface area contributed by atoms with Crippen LogP contribution < -0.4 is 10.9 Å². The van der Waals surface area contributed by atoms with Crippen molar-refractivity contribution in [3.05, 3.63) is 67.0 Å². The fourth-order valence-corrected chi connectivity index (χ4v) is 1.86. The second kappa shape index (κ2) is 5.66. The number of nitrogens with one attached hydrogen (secondary N) is 2. The van der Waals surface area contributed by atoms with E-state index in [-0.39, 0.29) is 22.5 Å². The van der Waals surface area contributed by atoms with Crippen molar-refractivity contribution in [2.75, 3.05) is 5.32 Å². The van der Waals surface area contributed by atoms with Crippen molar-refractivity contribution in [3.8, 4) is 0 Å². The van der Waals surface area contributed by atoms with Crippen LogP contribution in [0.2, 0.25) is 0 Å². The topological polar surface area (TPSA) is 105 Å². The summed E-state index contributed by atoms with van der Waals surface area (Å²) >= 11 is 3.13. The summed E-state index contributed by atoms with van der Waals surface area (Å²) in [6.07, 6.45) is 1.24. The van der Waals surface area contributed by atoms with Crippen molar-refractivity contribution in [3.63, 3.8) is 0 Å². The maximum absolute atomic E-state index is 11.9. The minimum Gasteiger partial charge on any atom is -0.328 e. The maximum atomic E-state index is 11.9. The summed E-state index contributed by atoms with van der Waals surface area (Å²) in [5.74, 6) is -0.549. The van der Waals surface area contributed by atoms with Gasteiger partial charge in [0.1, 0.15) is 5.69 Å². The highest BCUT2D eigenvalue weighted by molar-refractivity contribution is 9.10. The number of carbonyl (C=O) groups excluding carboxylic acids is 1. The van der Waals surface area contributed by atoms with Crippen molar-refractivity contribution in [1.82, 2.24) is 4.98 Å². The Balaban J connectivity index is 2.30. The molecule has 0 spiro atoms. The number of carbonyl (C=O) groups is 1. The van der Waals surface area contributed by atoms with Crippen LogP contribution in [0.25, 0.3) is 0 Å². The van der Waals surface area contributed by atoms with Gasteiger partial charge in [-0.25, -0.2) is 0 Å². The van der Waals surface area contributed by atoms with Crippen molar-refractivity contribution in [2.24, 2.45) is 0 Å². The van der Waals surface area contributed by atoms with Crippen LogP contribution in [-0.4, -0.2) is 15.8 Å². The fourth-order valence-electron chi connectivity index (χ4n) is 1.51. The molecule has 0 unspecified atom stereocenters. The molecule has 1 aromatic heterocycles. The first-order valence-corrected chi connectivity index (χ1v) is 6.21. The van der Waals surface area contributed by atoms with Crippen LogP contribution in [0.1, 0.15) is 10.4 Å². The van der Waals surface area contributed by atoms with Gasteiger partial charge >= 0.3 is 0 Å². The Kier molecular flexibility index (Phi) is 3.94. The smallest absolute Gasteiger partial charge is 0.293 e. The number of hydrogen-bond acceptors (Lipinski definition) is 4. The molecule has 1 heterocycles. The molecule has 0 aliphatic heterocycles. The lowest BCUT2D eigenvalue weighted by Crippen LogP contribution is -2.15. The van der Waals surface area contributed by atoms with Gasteiger partial charge in [0.05, 0.1) is 10.5 Å². The predicted octanol–water partition coefficient (Wildman–Crippen LogP) is 2.30. The van der Waals surface area contributed by atoms with Crippen LogP contribution in [0.5, 0.6) is 0 Å². The minimum atomic E-state index is -0.590. The molecule has 2 N–H and O–H groups in total. The van der Waals surface area contributed by atoms with Crippen LogP contribution in [0.4, 0.5) is 11.4 Å². The first-order chi connectivity index (χ1) is 9.47. The van der Waals surface area contributed by atoms with Crippen molar-refractivity contribution in [1.29, 1.82) is 0 Å². The molecule has 7 nitrogen and oxygen atoms in total. The highest BCUT2D eigenvalue weighted by Gasteiger charge is 2.17. The minimum absolute atomic E-state index is 0.0781. The average molecular weight is 338 g/mol. The fraction of sp³-hybridized carbons (Fsp3) is 0. The number of anilines is 1. The monoisotopic (exact) mass is 337 g/mol. The van der Waals surface area contributed by atoms with Gasteiger partial charge < -0.3 is 10.3 Å². The number of nitro benzene ring substituents is 1. The molecule has 0 saturated heterocycles. The van der Waals surface area contributed by atoms with E-state index in [1.165, 1.54) is 30.5 Å². The van der Waals surface area contributed by atoms with Crippen LogP contribution in [0.3, 0.4) is 0 Å². The molecule has 0 fully saturated rings. The van der Waals surface area contributed by atoms with E-state index in [0.29, 0.717) is 4.47 Å². The highest BCUT2D eigenvalue weighted by Crippen LogP contribution is 2.28. The lowest BCUT2D eigenvalue weighted by molar-refractivity contribution is -0.384. The molecule has 0 radical (unpaired) electrons. The van der Waals surface area contributed by atoms with Gasteiger partial charge in [0.25, 0.3) is 11.6 Å². The zero-order valence-corrected chi connectivity index (χ0v) is 11.5. The second-order valence-corrected chi connectivity index (χ2v) is 4.73. The maximum Gasteiger partial charge on any atom is 0.293 e. The number of nitrogens with zero attached hydrogens (tertiary/aromatic N) is 1. The summed E-state index contributed by atoms with van der Waals surface area (Å²) in [6, 6.07) is 6.83. The van der Waals surface area contributed by atoms with E-state index in [4.69, 9.17) is 0 Å². The Morgan fingerprint density at radius 1 is 1.30 bits per heavy atom. The molecule has 0 atom stereocenters.